The van der Waals surface area contributed by atoms with E-state index in [0.29, 0.717) is 36.3 Å². The normalized spacial score (nSPS) is 16.0. The second-order valence-corrected chi connectivity index (χ2v) is 8.83. The number of aromatic nitrogens is 3. The Labute approximate surface area is 200 Å². The summed E-state index contributed by atoms with van der Waals surface area (Å²) in [5.74, 6) is -0.443. The molecule has 0 spiro atoms. The molecule has 4 aromatic rings. The van der Waals surface area contributed by atoms with Crippen LogP contribution in [0.15, 0.2) is 46.9 Å². The van der Waals surface area contributed by atoms with Crippen molar-refractivity contribution in [1.29, 1.82) is 0 Å². The quantitative estimate of drug-likeness (QED) is 0.403. The van der Waals surface area contributed by atoms with E-state index < -0.39 is 0 Å². The Morgan fingerprint density at radius 2 is 1.97 bits per heavy atom. The summed E-state index contributed by atoms with van der Waals surface area (Å²) in [6.07, 6.45) is 0.842. The van der Waals surface area contributed by atoms with E-state index in [1.165, 1.54) is 0 Å². The Hall–Kier alpha value is -3.78. The highest BCUT2D eigenvalue weighted by Gasteiger charge is 2.29. The lowest BCUT2D eigenvalue weighted by molar-refractivity contribution is -0.134. The van der Waals surface area contributed by atoms with Crippen molar-refractivity contribution >= 4 is 40.3 Å². The van der Waals surface area contributed by atoms with Gasteiger partial charge in [0.25, 0.3) is 0 Å². The summed E-state index contributed by atoms with van der Waals surface area (Å²) in [7, 11) is 0. The number of aryl methyl sites for hydroxylation is 2. The fraction of sp³-hybridized carbons (Fsp3) is 0.240. The summed E-state index contributed by atoms with van der Waals surface area (Å²) < 4.78 is 5.72. The summed E-state index contributed by atoms with van der Waals surface area (Å²) in [5.41, 5.74) is 5.20. The zero-order valence-corrected chi connectivity index (χ0v) is 19.4. The summed E-state index contributed by atoms with van der Waals surface area (Å²) in [6.45, 7) is 4.30. The second kappa shape index (κ2) is 8.87. The van der Waals surface area contributed by atoms with Crippen LogP contribution in [0.3, 0.4) is 0 Å². The molecule has 5 rings (SSSR count). The number of nitrogens with one attached hydrogen (secondary N) is 2. The minimum atomic E-state index is -0.355. The predicted octanol–water partition coefficient (Wildman–Crippen LogP) is 4.69. The third-order valence-corrected chi connectivity index (χ3v) is 6.42. The number of halogens is 1. The van der Waals surface area contributed by atoms with E-state index in [2.05, 4.69) is 20.8 Å². The highest BCUT2D eigenvalue weighted by Crippen LogP contribution is 2.30. The van der Waals surface area contributed by atoms with Gasteiger partial charge in [0.15, 0.2) is 0 Å². The van der Waals surface area contributed by atoms with Crippen LogP contribution in [0.4, 0.5) is 6.01 Å². The lowest BCUT2D eigenvalue weighted by Gasteiger charge is -2.22. The van der Waals surface area contributed by atoms with Gasteiger partial charge in [-0.3, -0.25) is 19.9 Å². The summed E-state index contributed by atoms with van der Waals surface area (Å²) in [5, 5.41) is 15.3. The van der Waals surface area contributed by atoms with Gasteiger partial charge in [-0.15, -0.1) is 5.10 Å². The molecular weight excluding hydrogens is 454 g/mol. The maximum atomic E-state index is 12.3. The molecule has 3 heterocycles. The Kier molecular flexibility index (Phi) is 5.75. The molecule has 172 valence electrons. The van der Waals surface area contributed by atoms with Crippen molar-refractivity contribution in [3.63, 3.8) is 0 Å². The summed E-state index contributed by atoms with van der Waals surface area (Å²) in [4.78, 5) is 28.5. The van der Waals surface area contributed by atoms with Gasteiger partial charge >= 0.3 is 6.01 Å². The lowest BCUT2D eigenvalue weighted by atomic mass is 9.89. The molecule has 1 atom stereocenters. The monoisotopic (exact) mass is 475 g/mol. The van der Waals surface area contributed by atoms with E-state index in [1.54, 1.807) is 6.07 Å². The largest absolute Gasteiger partial charge is 0.403 e. The van der Waals surface area contributed by atoms with Crippen LogP contribution < -0.4 is 10.6 Å². The van der Waals surface area contributed by atoms with Gasteiger partial charge in [-0.25, -0.2) is 0 Å². The number of nitrogens with zero attached hydrogens (tertiary/aromatic N) is 3. The fourth-order valence-electron chi connectivity index (χ4n) is 4.09. The van der Waals surface area contributed by atoms with E-state index in [-0.39, 0.29) is 17.7 Å². The van der Waals surface area contributed by atoms with E-state index >= 15 is 0 Å². The van der Waals surface area contributed by atoms with Crippen LogP contribution in [0.5, 0.6) is 0 Å². The number of imide groups is 1. The van der Waals surface area contributed by atoms with Gasteiger partial charge in [0.2, 0.25) is 17.7 Å². The van der Waals surface area contributed by atoms with Crippen LogP contribution in [-0.4, -0.2) is 27.0 Å². The highest BCUT2D eigenvalue weighted by molar-refractivity contribution is 6.31. The predicted molar refractivity (Wildman–Crippen MR) is 128 cm³/mol. The third kappa shape index (κ3) is 4.36. The second-order valence-electron chi connectivity index (χ2n) is 8.42. The van der Waals surface area contributed by atoms with Crippen molar-refractivity contribution in [3.8, 4) is 11.5 Å². The zero-order chi connectivity index (χ0) is 23.8. The molecule has 8 nitrogen and oxygen atoms in total. The molecule has 2 aromatic carbocycles. The van der Waals surface area contributed by atoms with E-state index in [1.807, 2.05) is 50.2 Å². The van der Waals surface area contributed by atoms with Gasteiger partial charge in [0, 0.05) is 34.6 Å². The topological polar surface area (TPSA) is 110 Å². The Morgan fingerprint density at radius 1 is 1.12 bits per heavy atom. The third-order valence-electron chi connectivity index (χ3n) is 6.01. The molecule has 34 heavy (non-hydrogen) atoms. The van der Waals surface area contributed by atoms with Gasteiger partial charge in [-0.1, -0.05) is 34.9 Å². The first kappa shape index (κ1) is 22.0. The first-order valence-corrected chi connectivity index (χ1v) is 11.3. The van der Waals surface area contributed by atoms with Crippen molar-refractivity contribution in [2.24, 2.45) is 0 Å². The Morgan fingerprint density at radius 3 is 2.76 bits per heavy atom. The lowest BCUT2D eigenvalue weighted by Crippen LogP contribution is -2.39. The minimum absolute atomic E-state index is 0.221. The smallest absolute Gasteiger partial charge is 0.316 e. The van der Waals surface area contributed by atoms with E-state index in [0.717, 1.165) is 38.9 Å². The number of pyridine rings is 1. The zero-order valence-electron chi connectivity index (χ0n) is 18.7. The SMILES string of the molecule is Cc1ccc(-c2nnc(NCc3ccc4cc(C5CCC(=O)NC5=O)c(C)nc4c3)o2)cc1Cl. The van der Waals surface area contributed by atoms with Crippen LogP contribution in [0.1, 0.15) is 41.1 Å². The van der Waals surface area contributed by atoms with Crippen LogP contribution in [0.2, 0.25) is 5.02 Å². The first-order chi connectivity index (χ1) is 16.4. The minimum Gasteiger partial charge on any atom is -0.403 e. The van der Waals surface area contributed by atoms with Crippen LogP contribution in [0.25, 0.3) is 22.4 Å². The van der Waals surface area contributed by atoms with Gasteiger partial charge in [-0.2, -0.15) is 0 Å². The number of carbonyl (C=O) groups excluding carboxylic acids is 2. The summed E-state index contributed by atoms with van der Waals surface area (Å²) >= 11 is 6.19. The van der Waals surface area contributed by atoms with Crippen LogP contribution in [-0.2, 0) is 16.1 Å². The molecular formula is C25H22ClN5O3. The number of anilines is 1. The number of hydrogen-bond donors (Lipinski definition) is 2. The molecule has 1 aliphatic rings. The highest BCUT2D eigenvalue weighted by atomic mass is 35.5. The van der Waals surface area contributed by atoms with E-state index in [4.69, 9.17) is 21.0 Å². The van der Waals surface area contributed by atoms with Crippen LogP contribution in [0, 0.1) is 13.8 Å². The van der Waals surface area contributed by atoms with Crippen molar-refractivity contribution < 1.29 is 14.0 Å². The molecule has 2 amide bonds. The molecule has 0 aliphatic carbocycles. The maximum Gasteiger partial charge on any atom is 0.316 e. The molecule has 2 N–H and O–H groups in total. The number of hydrogen-bond acceptors (Lipinski definition) is 7. The molecule has 0 bridgehead atoms. The van der Waals surface area contributed by atoms with Gasteiger partial charge in [0.1, 0.15) is 0 Å². The molecule has 0 radical (unpaired) electrons. The van der Waals surface area contributed by atoms with Gasteiger partial charge in [0.05, 0.1) is 11.4 Å². The number of amides is 2. The van der Waals surface area contributed by atoms with Crippen molar-refractivity contribution in [2.75, 3.05) is 5.32 Å². The van der Waals surface area contributed by atoms with Gasteiger partial charge < -0.3 is 9.73 Å². The van der Waals surface area contributed by atoms with E-state index in [9.17, 15) is 9.59 Å². The fourth-order valence-corrected chi connectivity index (χ4v) is 4.27. The standard InChI is InChI=1S/C25H22ClN5O3/c1-13-3-5-17(11-20(13)26)24-30-31-25(34-24)27-12-15-4-6-16-10-19(14(2)28-21(16)9-15)18-7-8-22(32)29-23(18)33/h3-6,9-11,18H,7-8,12H2,1-2H3,(H,27,31)(H,29,32,33). The number of fused-ring (bicyclic) bond motifs is 1. The molecule has 0 saturated carbocycles. The first-order valence-electron chi connectivity index (χ1n) is 10.9. The Balaban J connectivity index is 1.31. The number of rotatable bonds is 5. The number of benzene rings is 2. The average molecular weight is 476 g/mol. The molecule has 1 aliphatic heterocycles. The molecule has 1 fully saturated rings. The molecule has 2 aromatic heterocycles. The Bertz CT molecular complexity index is 1430. The summed E-state index contributed by atoms with van der Waals surface area (Å²) in [6, 6.07) is 13.8. The van der Waals surface area contributed by atoms with Crippen molar-refractivity contribution in [3.05, 3.63) is 69.9 Å². The van der Waals surface area contributed by atoms with Crippen molar-refractivity contribution in [2.45, 2.75) is 39.2 Å². The van der Waals surface area contributed by atoms with Crippen LogP contribution >= 0.6 is 11.6 Å². The maximum absolute atomic E-state index is 12.3. The van der Waals surface area contributed by atoms with Crippen molar-refractivity contribution in [1.82, 2.24) is 20.5 Å². The molecule has 1 unspecified atom stereocenters. The average Bonchev–Trinajstić information content (AvgIpc) is 3.28. The number of piperidine rings is 1. The molecule has 9 heteroatoms. The number of carbonyl (C=O) groups is 2. The van der Waals surface area contributed by atoms with Gasteiger partial charge in [-0.05, 0) is 61.2 Å². The molecule has 1 saturated heterocycles.